The molecule has 4 aromatic rings. The predicted octanol–water partition coefficient (Wildman–Crippen LogP) is 2.98. The minimum Gasteiger partial charge on any atom is -0.312 e. The molecule has 0 aliphatic carbocycles. The molecular formula is C23H20N6O3S. The van der Waals surface area contributed by atoms with Gasteiger partial charge in [0.2, 0.25) is 17.8 Å². The van der Waals surface area contributed by atoms with E-state index in [1.165, 1.54) is 22.1 Å². The number of carbonyl (C=O) groups is 2. The minimum absolute atomic E-state index is 0.0983. The zero-order valence-corrected chi connectivity index (χ0v) is 18.5. The van der Waals surface area contributed by atoms with Crippen LogP contribution in [0.3, 0.4) is 0 Å². The van der Waals surface area contributed by atoms with E-state index in [0.29, 0.717) is 23.8 Å². The highest BCUT2D eigenvalue weighted by Gasteiger charge is 2.35. The molecule has 2 amide bonds. The lowest BCUT2D eigenvalue weighted by Crippen LogP contribution is -2.28. The molecule has 10 heteroatoms. The fraction of sp³-hybridized carbons (Fsp3) is 0.174. The first-order valence-electron chi connectivity index (χ1n) is 10.4. The topological polar surface area (TPSA) is 113 Å². The number of anilines is 2. The van der Waals surface area contributed by atoms with E-state index in [9.17, 15) is 14.4 Å². The first-order chi connectivity index (χ1) is 16.0. The minimum atomic E-state index is -0.518. The summed E-state index contributed by atoms with van der Waals surface area (Å²) in [6.07, 6.45) is 0.117. The van der Waals surface area contributed by atoms with Gasteiger partial charge in [-0.05, 0) is 30.5 Å². The van der Waals surface area contributed by atoms with Crippen molar-refractivity contribution in [1.29, 1.82) is 0 Å². The average molecular weight is 461 g/mol. The number of H-pyrrole nitrogens is 1. The molecule has 0 spiro atoms. The number of thiophene rings is 1. The van der Waals surface area contributed by atoms with Gasteiger partial charge < -0.3 is 10.2 Å². The summed E-state index contributed by atoms with van der Waals surface area (Å²) in [6, 6.07) is 16.2. The van der Waals surface area contributed by atoms with Gasteiger partial charge in [0, 0.05) is 36.5 Å². The Morgan fingerprint density at radius 2 is 1.97 bits per heavy atom. The average Bonchev–Trinajstić information content (AvgIpc) is 3.53. The van der Waals surface area contributed by atoms with Gasteiger partial charge in [-0.3, -0.25) is 19.4 Å². The number of aromatic nitrogens is 4. The highest BCUT2D eigenvalue weighted by molar-refractivity contribution is 7.13. The van der Waals surface area contributed by atoms with E-state index in [1.807, 2.05) is 47.8 Å². The molecule has 0 saturated carbocycles. The van der Waals surface area contributed by atoms with Gasteiger partial charge >= 0.3 is 0 Å². The number of nitrogens with one attached hydrogen (secondary N) is 2. The maximum absolute atomic E-state index is 13.1. The third-order valence-corrected chi connectivity index (χ3v) is 6.25. The molecule has 33 heavy (non-hydrogen) atoms. The number of amides is 2. The number of para-hydroxylation sites is 1. The fourth-order valence-corrected chi connectivity index (χ4v) is 4.49. The number of nitrogens with zero attached hydrogens (tertiary/aromatic N) is 4. The Bertz CT molecular complexity index is 1380. The van der Waals surface area contributed by atoms with Gasteiger partial charge in [-0.25, -0.2) is 4.98 Å². The Morgan fingerprint density at radius 3 is 2.70 bits per heavy atom. The molecule has 9 nitrogen and oxygen atoms in total. The third-order valence-electron chi connectivity index (χ3n) is 5.36. The summed E-state index contributed by atoms with van der Waals surface area (Å²) in [4.78, 5) is 47.2. The summed E-state index contributed by atoms with van der Waals surface area (Å²) in [6.45, 7) is 2.00. The van der Waals surface area contributed by atoms with E-state index < -0.39 is 5.92 Å². The van der Waals surface area contributed by atoms with Crippen LogP contribution in [0.15, 0.2) is 64.8 Å². The molecule has 5 rings (SSSR count). The molecule has 1 aliphatic heterocycles. The second-order valence-electron chi connectivity index (χ2n) is 7.74. The second-order valence-corrected chi connectivity index (χ2v) is 8.69. The Balaban J connectivity index is 1.44. The Kier molecular flexibility index (Phi) is 5.35. The zero-order chi connectivity index (χ0) is 22.9. The van der Waals surface area contributed by atoms with Crippen molar-refractivity contribution in [2.45, 2.75) is 13.3 Å². The molecule has 1 saturated heterocycles. The van der Waals surface area contributed by atoms with Crippen molar-refractivity contribution in [2.24, 2.45) is 5.92 Å². The zero-order valence-electron chi connectivity index (χ0n) is 17.7. The van der Waals surface area contributed by atoms with Crippen LogP contribution in [0.5, 0.6) is 0 Å². The van der Waals surface area contributed by atoms with E-state index in [2.05, 4.69) is 20.4 Å². The molecular weight excluding hydrogens is 440 g/mol. The summed E-state index contributed by atoms with van der Waals surface area (Å²) in [5.74, 6) is -0.348. The van der Waals surface area contributed by atoms with E-state index >= 15 is 0 Å². The van der Waals surface area contributed by atoms with Crippen molar-refractivity contribution >= 4 is 34.7 Å². The molecule has 1 atom stereocenters. The smallest absolute Gasteiger partial charge is 0.252 e. The molecule has 0 unspecified atom stereocenters. The Morgan fingerprint density at radius 1 is 1.15 bits per heavy atom. The summed E-state index contributed by atoms with van der Waals surface area (Å²) < 4.78 is 1.41. The van der Waals surface area contributed by atoms with Crippen LogP contribution in [-0.2, 0) is 9.59 Å². The molecule has 3 aromatic heterocycles. The summed E-state index contributed by atoms with van der Waals surface area (Å²) in [5.41, 5.74) is 1.61. The van der Waals surface area contributed by atoms with Gasteiger partial charge in [0.15, 0.2) is 0 Å². The summed E-state index contributed by atoms with van der Waals surface area (Å²) in [7, 11) is 0. The van der Waals surface area contributed by atoms with E-state index in [4.69, 9.17) is 0 Å². The van der Waals surface area contributed by atoms with Gasteiger partial charge in [-0.15, -0.1) is 11.3 Å². The van der Waals surface area contributed by atoms with Gasteiger partial charge in [0.1, 0.15) is 11.5 Å². The monoisotopic (exact) mass is 460 g/mol. The molecule has 166 valence electrons. The van der Waals surface area contributed by atoms with Crippen molar-refractivity contribution in [3.63, 3.8) is 0 Å². The molecule has 1 aliphatic rings. The van der Waals surface area contributed by atoms with Crippen LogP contribution >= 0.6 is 11.3 Å². The quantitative estimate of drug-likeness (QED) is 0.475. The molecule has 1 fully saturated rings. The van der Waals surface area contributed by atoms with Crippen LogP contribution in [0, 0.1) is 12.8 Å². The largest absolute Gasteiger partial charge is 0.312 e. The maximum atomic E-state index is 13.1. The van der Waals surface area contributed by atoms with Crippen molar-refractivity contribution in [1.82, 2.24) is 19.7 Å². The lowest BCUT2D eigenvalue weighted by atomic mass is 10.1. The fourth-order valence-electron chi connectivity index (χ4n) is 3.81. The number of aromatic amines is 1. The van der Waals surface area contributed by atoms with Crippen LogP contribution in [0.2, 0.25) is 0 Å². The standard InChI is InChI=1S/C23H20N6O3S/c1-14-10-20(30)26-23(24-14)29-19(12-17(27-29)18-8-5-9-33-18)25-22(32)15-11-21(31)28(13-15)16-6-3-2-4-7-16/h2-10,12,15H,11,13H2,1H3,(H,25,32)(H,24,26,30)/t15-/m1/s1. The number of hydrogen-bond donors (Lipinski definition) is 2. The summed E-state index contributed by atoms with van der Waals surface area (Å²) in [5, 5.41) is 9.39. The Labute approximate surface area is 192 Å². The number of carbonyl (C=O) groups excluding carboxylic acids is 2. The molecule has 4 heterocycles. The van der Waals surface area contributed by atoms with Gasteiger partial charge in [-0.1, -0.05) is 24.3 Å². The maximum Gasteiger partial charge on any atom is 0.252 e. The van der Waals surface area contributed by atoms with Crippen LogP contribution in [0.4, 0.5) is 11.5 Å². The number of rotatable bonds is 5. The normalized spacial score (nSPS) is 15.7. The lowest BCUT2D eigenvalue weighted by Gasteiger charge is -2.16. The molecule has 0 bridgehead atoms. The van der Waals surface area contributed by atoms with Crippen LogP contribution in [0.25, 0.3) is 16.5 Å². The SMILES string of the molecule is Cc1cc(=O)[nH]c(-n2nc(-c3cccs3)cc2NC(=O)[C@@H]2CC(=O)N(c3ccccc3)C2)n1. The highest BCUT2D eigenvalue weighted by atomic mass is 32.1. The molecule has 1 aromatic carbocycles. The number of hydrogen-bond acceptors (Lipinski definition) is 6. The summed E-state index contributed by atoms with van der Waals surface area (Å²) >= 11 is 1.51. The molecule has 2 N–H and O–H groups in total. The van der Waals surface area contributed by atoms with Crippen LogP contribution < -0.4 is 15.8 Å². The number of aryl methyl sites for hydroxylation is 1. The van der Waals surface area contributed by atoms with Crippen molar-refractivity contribution in [3.05, 3.63) is 76.0 Å². The first-order valence-corrected chi connectivity index (χ1v) is 11.2. The third kappa shape index (κ3) is 4.20. The highest BCUT2D eigenvalue weighted by Crippen LogP contribution is 2.29. The first kappa shape index (κ1) is 20.8. The molecule has 0 radical (unpaired) electrons. The van der Waals surface area contributed by atoms with Crippen molar-refractivity contribution < 1.29 is 9.59 Å². The Hall–Kier alpha value is -4.05. The van der Waals surface area contributed by atoms with E-state index in [0.717, 1.165) is 10.6 Å². The van der Waals surface area contributed by atoms with E-state index in [1.54, 1.807) is 17.9 Å². The van der Waals surface area contributed by atoms with Crippen LogP contribution in [-0.4, -0.2) is 38.1 Å². The van der Waals surface area contributed by atoms with Gasteiger partial charge in [0.25, 0.3) is 5.56 Å². The lowest BCUT2D eigenvalue weighted by molar-refractivity contribution is -0.122. The number of benzene rings is 1. The van der Waals surface area contributed by atoms with E-state index in [-0.39, 0.29) is 29.7 Å². The van der Waals surface area contributed by atoms with Gasteiger partial charge in [-0.2, -0.15) is 9.78 Å². The second kappa shape index (κ2) is 8.47. The van der Waals surface area contributed by atoms with Crippen molar-refractivity contribution in [3.8, 4) is 16.5 Å². The van der Waals surface area contributed by atoms with Gasteiger partial charge in [0.05, 0.1) is 10.8 Å². The van der Waals surface area contributed by atoms with Crippen LogP contribution in [0.1, 0.15) is 12.1 Å². The van der Waals surface area contributed by atoms with Crippen molar-refractivity contribution in [2.75, 3.05) is 16.8 Å². The predicted molar refractivity (Wildman–Crippen MR) is 126 cm³/mol.